The summed E-state index contributed by atoms with van der Waals surface area (Å²) >= 11 is 0. The van der Waals surface area contributed by atoms with Crippen LogP contribution >= 0.6 is 0 Å². The van der Waals surface area contributed by atoms with Crippen LogP contribution in [0, 0.1) is 0 Å². The van der Waals surface area contributed by atoms with Gasteiger partial charge in [-0.2, -0.15) is 0 Å². The number of nitrogens with two attached hydrogens (primary N) is 1. The summed E-state index contributed by atoms with van der Waals surface area (Å²) < 4.78 is 5.26. The van der Waals surface area contributed by atoms with E-state index in [1.807, 2.05) is 74.5 Å². The van der Waals surface area contributed by atoms with Gasteiger partial charge in [0, 0.05) is 43.5 Å². The fourth-order valence-electron chi connectivity index (χ4n) is 3.93. The molecule has 0 radical (unpaired) electrons. The average Bonchev–Trinajstić information content (AvgIpc) is 3.46. The topological polar surface area (TPSA) is 142 Å². The van der Waals surface area contributed by atoms with Crippen molar-refractivity contribution >= 4 is 17.9 Å². The molecule has 10 nitrogen and oxygen atoms in total. The largest absolute Gasteiger partial charge is 0.445 e. The van der Waals surface area contributed by atoms with Crippen LogP contribution in [0.4, 0.5) is 4.79 Å². The molecule has 3 amide bonds. The van der Waals surface area contributed by atoms with Crippen molar-refractivity contribution in [3.63, 3.8) is 0 Å². The van der Waals surface area contributed by atoms with Crippen LogP contribution in [0.15, 0.2) is 73.2 Å². The Kier molecular flexibility index (Phi) is 10.4. The van der Waals surface area contributed by atoms with Gasteiger partial charge in [-0.05, 0) is 11.1 Å². The van der Waals surface area contributed by atoms with Gasteiger partial charge in [-0.1, -0.05) is 74.5 Å². The number of aromatic amines is 1. The number of ether oxygens (including phenoxy) is 1. The Morgan fingerprint density at radius 3 is 2.37 bits per heavy atom. The first-order valence-corrected chi connectivity index (χ1v) is 12.5. The Labute approximate surface area is 223 Å². The lowest BCUT2D eigenvalue weighted by atomic mass is 9.84. The lowest BCUT2D eigenvalue weighted by Gasteiger charge is -2.28. The summed E-state index contributed by atoms with van der Waals surface area (Å²) in [7, 11) is 0. The van der Waals surface area contributed by atoms with Crippen molar-refractivity contribution in [2.24, 2.45) is 5.73 Å². The minimum absolute atomic E-state index is 0.0433. The fourth-order valence-corrected chi connectivity index (χ4v) is 3.93. The van der Waals surface area contributed by atoms with Crippen molar-refractivity contribution in [1.82, 2.24) is 25.5 Å². The van der Waals surface area contributed by atoms with Crippen molar-refractivity contribution in [3.8, 4) is 0 Å². The molecule has 1 unspecified atom stereocenters. The summed E-state index contributed by atoms with van der Waals surface area (Å²) in [5.74, 6) is -1.46. The molecule has 0 aliphatic rings. The van der Waals surface area contributed by atoms with Crippen LogP contribution in [0.3, 0.4) is 0 Å². The number of rotatable bonds is 13. The predicted molar refractivity (Wildman–Crippen MR) is 144 cm³/mol. The molecule has 1 aromatic heterocycles. The minimum Gasteiger partial charge on any atom is -0.445 e. The van der Waals surface area contributed by atoms with Crippen LogP contribution in [0.1, 0.15) is 36.6 Å². The summed E-state index contributed by atoms with van der Waals surface area (Å²) in [6.45, 7) is 4.74. The molecular formula is C28H36N6O4. The number of carbonyl (C=O) groups is 3. The van der Waals surface area contributed by atoms with Crippen LogP contribution in [0.5, 0.6) is 0 Å². The molecule has 10 heteroatoms. The van der Waals surface area contributed by atoms with Crippen molar-refractivity contribution in [2.45, 2.75) is 31.8 Å². The van der Waals surface area contributed by atoms with Gasteiger partial charge in [0.05, 0.1) is 18.8 Å². The van der Waals surface area contributed by atoms with Crippen molar-refractivity contribution in [2.75, 3.05) is 32.7 Å². The molecule has 202 valence electrons. The quantitative estimate of drug-likeness (QED) is 0.272. The predicted octanol–water partition coefficient (Wildman–Crippen LogP) is 2.30. The van der Waals surface area contributed by atoms with Crippen molar-refractivity contribution in [3.05, 3.63) is 90.0 Å². The smallest absolute Gasteiger partial charge is 0.407 e. The highest BCUT2D eigenvalue weighted by Crippen LogP contribution is 2.22. The third-order valence-electron chi connectivity index (χ3n) is 6.18. The highest BCUT2D eigenvalue weighted by Gasteiger charge is 2.29. The highest BCUT2D eigenvalue weighted by atomic mass is 16.5. The molecular weight excluding hydrogens is 484 g/mol. The molecule has 1 heterocycles. The van der Waals surface area contributed by atoms with Gasteiger partial charge in [0.15, 0.2) is 0 Å². The molecule has 0 fully saturated rings. The zero-order chi connectivity index (χ0) is 27.4. The number of nitrogens with one attached hydrogen (secondary N) is 3. The van der Waals surface area contributed by atoms with Crippen molar-refractivity contribution < 1.29 is 19.1 Å². The number of carbonyl (C=O) groups excluding carboxylic acids is 3. The Morgan fingerprint density at radius 1 is 1.05 bits per heavy atom. The monoisotopic (exact) mass is 520 g/mol. The average molecular weight is 521 g/mol. The zero-order valence-corrected chi connectivity index (χ0v) is 21.9. The Bertz CT molecular complexity index is 1150. The van der Waals surface area contributed by atoms with E-state index in [0.717, 1.165) is 11.1 Å². The molecule has 38 heavy (non-hydrogen) atoms. The van der Waals surface area contributed by atoms with Gasteiger partial charge in [0.25, 0.3) is 0 Å². The molecule has 5 N–H and O–H groups in total. The summed E-state index contributed by atoms with van der Waals surface area (Å²) in [5.41, 5.74) is 7.92. The maximum absolute atomic E-state index is 13.5. The van der Waals surface area contributed by atoms with E-state index in [0.29, 0.717) is 12.2 Å². The fraction of sp³-hybridized carbons (Fsp3) is 0.357. The van der Waals surface area contributed by atoms with Gasteiger partial charge in [-0.3, -0.25) is 9.59 Å². The molecule has 0 aliphatic carbocycles. The van der Waals surface area contributed by atoms with Crippen LogP contribution < -0.4 is 16.4 Å². The van der Waals surface area contributed by atoms with Crippen LogP contribution in [0.25, 0.3) is 0 Å². The molecule has 0 saturated carbocycles. The number of imidazole rings is 1. The second-order valence-corrected chi connectivity index (χ2v) is 9.58. The maximum atomic E-state index is 13.5. The first-order valence-electron chi connectivity index (χ1n) is 12.5. The minimum atomic E-state index is -0.804. The van der Waals surface area contributed by atoms with Crippen LogP contribution in [0.2, 0.25) is 0 Å². The van der Waals surface area contributed by atoms with E-state index in [1.165, 1.54) is 17.4 Å². The third-order valence-corrected chi connectivity index (χ3v) is 6.18. The summed E-state index contributed by atoms with van der Waals surface area (Å²) in [5, 5.41) is 5.59. The number of aromatic nitrogens is 2. The van der Waals surface area contributed by atoms with Gasteiger partial charge < -0.3 is 31.0 Å². The van der Waals surface area contributed by atoms with Gasteiger partial charge >= 0.3 is 6.09 Å². The SMILES string of the molecule is CC(C)(CNC(=O)CN(CCN)C(=O)C(CNC(=O)OCc1ccccc1)c1cnc[nH]1)c1ccccc1. The van der Waals surface area contributed by atoms with Gasteiger partial charge in [-0.15, -0.1) is 0 Å². The Morgan fingerprint density at radius 2 is 1.74 bits per heavy atom. The number of hydrogen-bond acceptors (Lipinski definition) is 6. The van der Waals surface area contributed by atoms with Gasteiger partial charge in [-0.25, -0.2) is 9.78 Å². The first-order chi connectivity index (χ1) is 18.3. The van der Waals surface area contributed by atoms with Gasteiger partial charge in [0.1, 0.15) is 6.61 Å². The zero-order valence-electron chi connectivity index (χ0n) is 21.9. The molecule has 3 aromatic rings. The van der Waals surface area contributed by atoms with E-state index < -0.39 is 12.0 Å². The van der Waals surface area contributed by atoms with Crippen LogP contribution in [-0.4, -0.2) is 65.5 Å². The molecule has 1 atom stereocenters. The number of alkyl carbamates (subject to hydrolysis) is 1. The third kappa shape index (κ3) is 8.45. The van der Waals surface area contributed by atoms with E-state index in [2.05, 4.69) is 20.6 Å². The second kappa shape index (κ2) is 13.9. The summed E-state index contributed by atoms with van der Waals surface area (Å²) in [6.07, 6.45) is 2.31. The number of nitrogens with zero attached hydrogens (tertiary/aromatic N) is 2. The normalized spacial score (nSPS) is 11.9. The molecule has 3 rings (SSSR count). The first kappa shape index (κ1) is 28.4. The maximum Gasteiger partial charge on any atom is 0.407 e. The van der Waals surface area contributed by atoms with Crippen molar-refractivity contribution in [1.29, 1.82) is 0 Å². The summed E-state index contributed by atoms with van der Waals surface area (Å²) in [6, 6.07) is 19.2. The lowest BCUT2D eigenvalue weighted by molar-refractivity contribution is -0.137. The lowest BCUT2D eigenvalue weighted by Crippen LogP contribution is -2.48. The highest BCUT2D eigenvalue weighted by molar-refractivity contribution is 5.88. The molecule has 2 aromatic carbocycles. The van der Waals surface area contributed by atoms with E-state index in [1.54, 1.807) is 0 Å². The molecule has 0 bridgehead atoms. The van der Waals surface area contributed by atoms with E-state index in [9.17, 15) is 14.4 Å². The van der Waals surface area contributed by atoms with E-state index in [4.69, 9.17) is 10.5 Å². The summed E-state index contributed by atoms with van der Waals surface area (Å²) in [4.78, 5) is 47.0. The van der Waals surface area contributed by atoms with E-state index in [-0.39, 0.29) is 50.0 Å². The Balaban J connectivity index is 1.60. The number of H-pyrrole nitrogens is 1. The number of benzene rings is 2. The second-order valence-electron chi connectivity index (χ2n) is 9.58. The van der Waals surface area contributed by atoms with Crippen LogP contribution in [-0.2, 0) is 26.3 Å². The molecule has 0 spiro atoms. The Hall–Kier alpha value is -4.18. The molecule has 0 saturated heterocycles. The number of hydrogen-bond donors (Lipinski definition) is 4. The van der Waals surface area contributed by atoms with Gasteiger partial charge in [0.2, 0.25) is 11.8 Å². The standard InChI is InChI=1S/C28H36N6O4/c1-28(2,22-11-7-4-8-12-22)19-32-25(35)17-34(14-13-29)26(36)23(24-16-30-20-33-24)15-31-27(37)38-18-21-9-5-3-6-10-21/h3-12,16,20,23H,13-15,17-19,29H2,1-2H3,(H,30,33)(H,31,37)(H,32,35). The number of amides is 3. The van der Waals surface area contributed by atoms with E-state index >= 15 is 0 Å². The molecule has 0 aliphatic heterocycles.